The van der Waals surface area contributed by atoms with E-state index in [0.29, 0.717) is 17.1 Å². The van der Waals surface area contributed by atoms with Crippen LogP contribution in [0.25, 0.3) is 0 Å². The van der Waals surface area contributed by atoms with Crippen molar-refractivity contribution in [3.05, 3.63) is 53.6 Å². The summed E-state index contributed by atoms with van der Waals surface area (Å²) in [5, 5.41) is 10.5. The minimum absolute atomic E-state index is 0.105. The number of carbonyl (C=O) groups is 3. The molecule has 4 aliphatic heterocycles. The molecule has 2 fully saturated rings. The van der Waals surface area contributed by atoms with E-state index in [1.807, 2.05) is 13.0 Å². The molecule has 180 valence electrons. The molecule has 1 aromatic carbocycles. The highest BCUT2D eigenvalue weighted by molar-refractivity contribution is 6.30. The van der Waals surface area contributed by atoms with E-state index in [9.17, 15) is 19.5 Å². The second-order valence-corrected chi connectivity index (χ2v) is 9.70. The molecule has 0 aromatic heterocycles. The highest BCUT2D eigenvalue weighted by Crippen LogP contribution is 2.58. The molecular formula is C25H27ClN2O6. The van der Waals surface area contributed by atoms with Crippen LogP contribution in [-0.2, 0) is 23.9 Å². The molecule has 1 unspecified atom stereocenters. The van der Waals surface area contributed by atoms with Crippen molar-refractivity contribution >= 4 is 35.1 Å². The number of hydrogen-bond acceptors (Lipinski definition) is 6. The molecule has 4 aliphatic rings. The van der Waals surface area contributed by atoms with Crippen molar-refractivity contribution in [3.63, 3.8) is 0 Å². The SMILES string of the molecule is CC[C@]12C=CCOC(=O)[C@H]1[C@H]1C(=O)N([C@H](C)CO)C3C(=O)N(c4ccc(Cl)cc4)CC=C[C@@]31O2. The van der Waals surface area contributed by atoms with Crippen LogP contribution in [0.2, 0.25) is 5.02 Å². The number of aliphatic hydroxyl groups excluding tert-OH is 1. The van der Waals surface area contributed by atoms with Crippen LogP contribution in [0.15, 0.2) is 48.6 Å². The Kier molecular flexibility index (Phi) is 5.58. The van der Waals surface area contributed by atoms with E-state index in [4.69, 9.17) is 21.1 Å². The van der Waals surface area contributed by atoms with Gasteiger partial charge in [0.25, 0.3) is 5.91 Å². The third-order valence-electron chi connectivity index (χ3n) is 7.51. The van der Waals surface area contributed by atoms with Crippen molar-refractivity contribution in [2.75, 3.05) is 24.7 Å². The highest BCUT2D eigenvalue weighted by Gasteiger charge is 2.75. The van der Waals surface area contributed by atoms with E-state index in [1.165, 1.54) is 4.90 Å². The van der Waals surface area contributed by atoms with Crippen LogP contribution >= 0.6 is 11.6 Å². The molecule has 1 N–H and O–H groups in total. The van der Waals surface area contributed by atoms with Gasteiger partial charge in [0.1, 0.15) is 29.8 Å². The van der Waals surface area contributed by atoms with Gasteiger partial charge in [-0.25, -0.2) is 0 Å². The summed E-state index contributed by atoms with van der Waals surface area (Å²) in [6.45, 7) is 3.60. The van der Waals surface area contributed by atoms with Gasteiger partial charge in [-0.05, 0) is 43.7 Å². The number of rotatable bonds is 4. The number of ether oxygens (including phenoxy) is 2. The van der Waals surface area contributed by atoms with Gasteiger partial charge in [-0.1, -0.05) is 36.8 Å². The fraction of sp³-hybridized carbons (Fsp3) is 0.480. The van der Waals surface area contributed by atoms with Crippen LogP contribution in [0.1, 0.15) is 20.3 Å². The van der Waals surface area contributed by atoms with Crippen molar-refractivity contribution in [1.29, 1.82) is 0 Å². The maximum Gasteiger partial charge on any atom is 0.313 e. The van der Waals surface area contributed by atoms with E-state index >= 15 is 0 Å². The lowest BCUT2D eigenvalue weighted by Gasteiger charge is -2.39. The van der Waals surface area contributed by atoms with E-state index in [2.05, 4.69) is 0 Å². The standard InChI is InChI=1S/C25H27ClN2O6/c1-3-24-10-5-13-33-23(32)19(24)18-21(30)28(15(2)14-29)20-22(31)27(12-4-11-25(18,20)34-24)17-8-6-16(26)7-9-17/h4-11,15,18-20,29H,3,12-14H2,1-2H3/t15-,18+,19-,20?,24+,25+/m1/s1. The van der Waals surface area contributed by atoms with Gasteiger partial charge < -0.3 is 24.4 Å². The summed E-state index contributed by atoms with van der Waals surface area (Å²) in [5.74, 6) is -3.11. The number of likely N-dealkylation sites (tertiary alicyclic amines) is 1. The van der Waals surface area contributed by atoms with Crippen LogP contribution in [0.4, 0.5) is 5.69 Å². The molecule has 2 amide bonds. The Morgan fingerprint density at radius 2 is 1.85 bits per heavy atom. The lowest BCUT2D eigenvalue weighted by atomic mass is 9.73. The Hall–Kier alpha value is -2.68. The Morgan fingerprint density at radius 3 is 2.53 bits per heavy atom. The molecule has 0 radical (unpaired) electrons. The Morgan fingerprint density at radius 1 is 1.12 bits per heavy atom. The van der Waals surface area contributed by atoms with Crippen molar-refractivity contribution in [3.8, 4) is 0 Å². The number of halogens is 1. The average molecular weight is 487 g/mol. The maximum absolute atomic E-state index is 14.1. The Balaban J connectivity index is 1.68. The summed E-state index contributed by atoms with van der Waals surface area (Å²) in [6, 6.07) is 5.17. The quantitative estimate of drug-likeness (QED) is 0.517. The topological polar surface area (TPSA) is 96.4 Å². The third-order valence-corrected chi connectivity index (χ3v) is 7.76. The van der Waals surface area contributed by atoms with Crippen LogP contribution < -0.4 is 4.90 Å². The third kappa shape index (κ3) is 3.08. The molecule has 1 aromatic rings. The molecule has 34 heavy (non-hydrogen) atoms. The summed E-state index contributed by atoms with van der Waals surface area (Å²) in [7, 11) is 0. The molecule has 0 bridgehead atoms. The van der Waals surface area contributed by atoms with Gasteiger partial charge in [0.05, 0.1) is 18.6 Å². The first-order valence-electron chi connectivity index (χ1n) is 11.5. The molecule has 0 saturated carbocycles. The maximum atomic E-state index is 14.1. The van der Waals surface area contributed by atoms with Crippen molar-refractivity contribution < 1.29 is 29.0 Å². The first-order valence-corrected chi connectivity index (χ1v) is 11.9. The minimum Gasteiger partial charge on any atom is -0.461 e. The van der Waals surface area contributed by atoms with E-state index in [1.54, 1.807) is 54.3 Å². The minimum atomic E-state index is -1.37. The van der Waals surface area contributed by atoms with Crippen LogP contribution in [0.5, 0.6) is 0 Å². The van der Waals surface area contributed by atoms with Crippen molar-refractivity contribution in [2.24, 2.45) is 11.8 Å². The summed E-state index contributed by atoms with van der Waals surface area (Å²) in [4.78, 5) is 44.2. The first kappa shape index (κ1) is 23.1. The Labute approximate surface area is 202 Å². The second kappa shape index (κ2) is 8.22. The number of nitrogens with zero attached hydrogens (tertiary/aromatic N) is 2. The molecule has 8 nitrogen and oxygen atoms in total. The zero-order valence-corrected chi connectivity index (χ0v) is 19.8. The predicted molar refractivity (Wildman–Crippen MR) is 124 cm³/mol. The summed E-state index contributed by atoms with van der Waals surface area (Å²) >= 11 is 6.04. The number of amides is 2. The van der Waals surface area contributed by atoms with Gasteiger partial charge in [-0.2, -0.15) is 0 Å². The number of cyclic esters (lactones) is 1. The highest BCUT2D eigenvalue weighted by atomic mass is 35.5. The zero-order valence-electron chi connectivity index (χ0n) is 19.0. The van der Waals surface area contributed by atoms with Crippen LogP contribution in [0.3, 0.4) is 0 Å². The molecular weight excluding hydrogens is 460 g/mol. The van der Waals surface area contributed by atoms with Crippen LogP contribution in [-0.4, -0.2) is 70.8 Å². The number of benzene rings is 1. The van der Waals surface area contributed by atoms with Gasteiger partial charge in [-0.15, -0.1) is 0 Å². The number of aliphatic hydroxyl groups is 1. The van der Waals surface area contributed by atoms with E-state index in [-0.39, 0.29) is 25.7 Å². The average Bonchev–Trinajstić information content (AvgIpc) is 3.12. The predicted octanol–water partition coefficient (Wildman–Crippen LogP) is 2.10. The number of carbonyl (C=O) groups excluding carboxylic acids is 3. The smallest absolute Gasteiger partial charge is 0.313 e. The second-order valence-electron chi connectivity index (χ2n) is 9.26. The van der Waals surface area contributed by atoms with Gasteiger partial charge in [-0.3, -0.25) is 14.4 Å². The summed E-state index contributed by atoms with van der Waals surface area (Å²) in [6.07, 6.45) is 7.55. The fourth-order valence-corrected chi connectivity index (χ4v) is 6.08. The van der Waals surface area contributed by atoms with Gasteiger partial charge >= 0.3 is 5.97 Å². The number of fused-ring (bicyclic) bond motifs is 2. The molecule has 0 aliphatic carbocycles. The number of esters is 1. The van der Waals surface area contributed by atoms with Crippen molar-refractivity contribution in [2.45, 2.75) is 43.6 Å². The molecule has 4 heterocycles. The molecule has 6 atom stereocenters. The van der Waals surface area contributed by atoms with E-state index < -0.39 is 47.0 Å². The monoisotopic (exact) mass is 486 g/mol. The molecule has 1 spiro atoms. The van der Waals surface area contributed by atoms with E-state index in [0.717, 1.165) is 0 Å². The first-order chi connectivity index (χ1) is 16.3. The number of hydrogen-bond donors (Lipinski definition) is 1. The molecule has 5 rings (SSSR count). The Bertz CT molecular complexity index is 1090. The van der Waals surface area contributed by atoms with Crippen LogP contribution in [0, 0.1) is 11.8 Å². The largest absolute Gasteiger partial charge is 0.461 e. The van der Waals surface area contributed by atoms with Crippen molar-refractivity contribution in [1.82, 2.24) is 4.90 Å². The van der Waals surface area contributed by atoms with Gasteiger partial charge in [0.2, 0.25) is 5.91 Å². The molecule has 9 heteroatoms. The zero-order chi connectivity index (χ0) is 24.3. The lowest BCUT2D eigenvalue weighted by molar-refractivity contribution is -0.158. The normalized spacial score (nSPS) is 35.4. The fourth-order valence-electron chi connectivity index (χ4n) is 5.95. The summed E-state index contributed by atoms with van der Waals surface area (Å²) < 4.78 is 12.1. The lowest BCUT2D eigenvalue weighted by Crippen LogP contribution is -2.58. The number of anilines is 1. The van der Waals surface area contributed by atoms with Gasteiger partial charge in [0.15, 0.2) is 0 Å². The molecule has 2 saturated heterocycles. The summed E-state index contributed by atoms with van der Waals surface area (Å²) in [5.41, 5.74) is -1.82. The van der Waals surface area contributed by atoms with Gasteiger partial charge in [0, 0.05) is 17.3 Å².